The van der Waals surface area contributed by atoms with Crippen molar-refractivity contribution in [2.24, 2.45) is 0 Å². The standard InChI is InChI=1S/C54H104N/c1-4-7-10-13-16-19-22-24-26-28-30-32-35-38-41-44-47-53-50-54(52-55(51-53)49-46-43-40-37-34-21-18-15-12-9-6-3)48-45-42-39-36-33-31-29-27-25-23-20-17-14-11-8-5-2/h50-52H,4-49H2,1-3H3/q+1. The Morgan fingerprint density at radius 3 is 0.691 bits per heavy atom. The molecule has 1 heteroatoms. The predicted octanol–water partition coefficient (Wildman–Crippen LogP) is 18.9. The van der Waals surface area contributed by atoms with Crippen molar-refractivity contribution in [2.75, 3.05) is 0 Å². The Hall–Kier alpha value is -0.850. The summed E-state index contributed by atoms with van der Waals surface area (Å²) in [5.41, 5.74) is 3.23. The number of aromatic nitrogens is 1. The first-order chi connectivity index (χ1) is 27.3. The molecule has 0 saturated heterocycles. The van der Waals surface area contributed by atoms with Crippen LogP contribution in [0.3, 0.4) is 0 Å². The van der Waals surface area contributed by atoms with Gasteiger partial charge in [0.15, 0.2) is 12.4 Å². The van der Waals surface area contributed by atoms with Gasteiger partial charge in [-0.3, -0.25) is 0 Å². The van der Waals surface area contributed by atoms with Crippen molar-refractivity contribution in [3.63, 3.8) is 0 Å². The van der Waals surface area contributed by atoms with E-state index in [0.717, 1.165) is 0 Å². The molecule has 0 amide bonds. The maximum atomic E-state index is 2.59. The van der Waals surface area contributed by atoms with Crippen LogP contribution in [-0.2, 0) is 19.4 Å². The van der Waals surface area contributed by atoms with Gasteiger partial charge in [-0.2, -0.15) is 0 Å². The van der Waals surface area contributed by atoms with E-state index in [4.69, 9.17) is 0 Å². The van der Waals surface area contributed by atoms with Gasteiger partial charge in [0.1, 0.15) is 6.54 Å². The number of rotatable bonds is 46. The molecule has 0 aliphatic rings. The van der Waals surface area contributed by atoms with E-state index < -0.39 is 0 Å². The number of nitrogens with zero attached hydrogens (tertiary/aromatic N) is 1. The van der Waals surface area contributed by atoms with Crippen molar-refractivity contribution in [2.45, 2.75) is 316 Å². The van der Waals surface area contributed by atoms with Gasteiger partial charge in [-0.1, -0.05) is 271 Å². The van der Waals surface area contributed by atoms with Crippen LogP contribution in [0.2, 0.25) is 0 Å². The fourth-order valence-electron chi connectivity index (χ4n) is 8.89. The van der Waals surface area contributed by atoms with Gasteiger partial charge in [0, 0.05) is 17.5 Å². The van der Waals surface area contributed by atoms with Gasteiger partial charge in [0.05, 0.1) is 0 Å². The molecule has 0 fully saturated rings. The lowest BCUT2D eigenvalue weighted by atomic mass is 10.0. The summed E-state index contributed by atoms with van der Waals surface area (Å²) in [6.07, 6.45) is 69.8. The first-order valence-corrected chi connectivity index (χ1v) is 26.3. The fraction of sp³-hybridized carbons (Fsp3) is 0.907. The second kappa shape index (κ2) is 44.3. The van der Waals surface area contributed by atoms with Crippen molar-refractivity contribution >= 4 is 0 Å². The molecule has 0 aliphatic carbocycles. The van der Waals surface area contributed by atoms with E-state index in [1.54, 1.807) is 11.1 Å². The molecule has 1 aromatic heterocycles. The average Bonchev–Trinajstić information content (AvgIpc) is 3.19. The van der Waals surface area contributed by atoms with Crippen LogP contribution in [0.1, 0.15) is 308 Å². The second-order valence-corrected chi connectivity index (χ2v) is 18.4. The zero-order valence-corrected chi connectivity index (χ0v) is 38.7. The third-order valence-electron chi connectivity index (χ3n) is 12.7. The molecule has 0 aliphatic heterocycles. The molecule has 55 heavy (non-hydrogen) atoms. The first-order valence-electron chi connectivity index (χ1n) is 26.3. The first kappa shape index (κ1) is 52.2. The molecule has 0 radical (unpaired) electrons. The largest absolute Gasteiger partial charge is 0.205 e. The van der Waals surface area contributed by atoms with E-state index in [2.05, 4.69) is 43.8 Å². The normalized spacial score (nSPS) is 11.6. The maximum absolute atomic E-state index is 2.59. The van der Waals surface area contributed by atoms with Crippen LogP contribution in [0.25, 0.3) is 0 Å². The molecule has 0 saturated carbocycles. The van der Waals surface area contributed by atoms with E-state index in [-0.39, 0.29) is 0 Å². The topological polar surface area (TPSA) is 3.88 Å². The van der Waals surface area contributed by atoms with Crippen LogP contribution in [-0.4, -0.2) is 0 Å². The summed E-state index contributed by atoms with van der Waals surface area (Å²) in [6, 6.07) is 2.59. The summed E-state index contributed by atoms with van der Waals surface area (Å²) >= 11 is 0. The smallest absolute Gasteiger partial charge is 0.171 e. The summed E-state index contributed by atoms with van der Waals surface area (Å²) in [7, 11) is 0. The van der Waals surface area contributed by atoms with E-state index >= 15 is 0 Å². The molecule has 1 aromatic rings. The molecule has 1 heterocycles. The predicted molar refractivity (Wildman–Crippen MR) is 250 cm³/mol. The Bertz CT molecular complexity index is 805. The quantitative estimate of drug-likeness (QED) is 0.0460. The molecule has 0 spiro atoms. The van der Waals surface area contributed by atoms with Gasteiger partial charge in [0.2, 0.25) is 0 Å². The van der Waals surface area contributed by atoms with Crippen LogP contribution in [0.4, 0.5) is 0 Å². The number of pyridine rings is 1. The Balaban J connectivity index is 2.26. The minimum absolute atomic E-state index is 1.22. The minimum atomic E-state index is 1.22. The Morgan fingerprint density at radius 2 is 0.455 bits per heavy atom. The lowest BCUT2D eigenvalue weighted by molar-refractivity contribution is -0.698. The molecule has 0 unspecified atom stereocenters. The van der Waals surface area contributed by atoms with E-state index in [1.807, 2.05) is 0 Å². The lowest BCUT2D eigenvalue weighted by Gasteiger charge is -2.08. The van der Waals surface area contributed by atoms with E-state index in [0.29, 0.717) is 0 Å². The Kier molecular flexibility index (Phi) is 42.0. The zero-order valence-electron chi connectivity index (χ0n) is 38.7. The third-order valence-corrected chi connectivity index (χ3v) is 12.7. The zero-order chi connectivity index (χ0) is 39.4. The number of hydrogen-bond acceptors (Lipinski definition) is 0. The summed E-state index contributed by atoms with van der Waals surface area (Å²) in [4.78, 5) is 0. The molecule has 0 aromatic carbocycles. The van der Waals surface area contributed by atoms with Crippen LogP contribution < -0.4 is 4.57 Å². The number of hydrogen-bond donors (Lipinski definition) is 0. The van der Waals surface area contributed by atoms with Gasteiger partial charge in [-0.25, -0.2) is 4.57 Å². The number of unbranched alkanes of at least 4 members (excludes halogenated alkanes) is 40. The van der Waals surface area contributed by atoms with Crippen molar-refractivity contribution in [1.82, 2.24) is 0 Å². The lowest BCUT2D eigenvalue weighted by Crippen LogP contribution is -2.34. The van der Waals surface area contributed by atoms with Gasteiger partial charge in [-0.05, 0) is 38.2 Å². The van der Waals surface area contributed by atoms with Gasteiger partial charge >= 0.3 is 0 Å². The Labute approximate surface area is 349 Å². The Morgan fingerprint density at radius 1 is 0.255 bits per heavy atom. The molecule has 1 rings (SSSR count). The molecular formula is C54H104N+. The van der Waals surface area contributed by atoms with Crippen molar-refractivity contribution in [3.05, 3.63) is 29.6 Å². The molecule has 1 nitrogen and oxygen atoms in total. The highest BCUT2D eigenvalue weighted by molar-refractivity contribution is 5.15. The van der Waals surface area contributed by atoms with Crippen molar-refractivity contribution < 1.29 is 4.57 Å². The van der Waals surface area contributed by atoms with Crippen LogP contribution in [0.5, 0.6) is 0 Å². The highest BCUT2D eigenvalue weighted by Crippen LogP contribution is 2.18. The molecule has 0 bridgehead atoms. The SMILES string of the molecule is CCCCCCCCCCCCCCCCCCc1cc(CCCCCCCCCCCCCCCCCC)c[n+](CCCCCCCCCCCCC)c1. The van der Waals surface area contributed by atoms with E-state index in [1.165, 1.54) is 295 Å². The van der Waals surface area contributed by atoms with Gasteiger partial charge in [0.25, 0.3) is 0 Å². The highest BCUT2D eigenvalue weighted by atomic mass is 14.9. The third kappa shape index (κ3) is 38.4. The monoisotopic (exact) mass is 767 g/mol. The second-order valence-electron chi connectivity index (χ2n) is 18.4. The molecule has 324 valence electrons. The maximum Gasteiger partial charge on any atom is 0.171 e. The van der Waals surface area contributed by atoms with Crippen LogP contribution >= 0.6 is 0 Å². The van der Waals surface area contributed by atoms with Gasteiger partial charge in [-0.15, -0.1) is 0 Å². The highest BCUT2D eigenvalue weighted by Gasteiger charge is 2.09. The van der Waals surface area contributed by atoms with Gasteiger partial charge < -0.3 is 0 Å². The summed E-state index contributed by atoms with van der Waals surface area (Å²) in [5.74, 6) is 0. The number of aryl methyl sites for hydroxylation is 3. The summed E-state index contributed by atoms with van der Waals surface area (Å²) in [5, 5.41) is 0. The molecular weight excluding hydrogens is 663 g/mol. The summed E-state index contributed by atoms with van der Waals surface area (Å²) < 4.78 is 2.59. The summed E-state index contributed by atoms with van der Waals surface area (Å²) in [6.45, 7) is 8.17. The van der Waals surface area contributed by atoms with E-state index in [9.17, 15) is 0 Å². The van der Waals surface area contributed by atoms with Crippen molar-refractivity contribution in [1.29, 1.82) is 0 Å². The van der Waals surface area contributed by atoms with Crippen LogP contribution in [0.15, 0.2) is 18.5 Å². The fourth-order valence-corrected chi connectivity index (χ4v) is 8.89. The molecule has 0 N–H and O–H groups in total. The molecule has 0 atom stereocenters. The van der Waals surface area contributed by atoms with Crippen LogP contribution in [0, 0.1) is 0 Å². The minimum Gasteiger partial charge on any atom is -0.205 e. The average molecular weight is 767 g/mol. The van der Waals surface area contributed by atoms with Crippen molar-refractivity contribution in [3.8, 4) is 0 Å².